The van der Waals surface area contributed by atoms with E-state index in [0.29, 0.717) is 6.04 Å². The fourth-order valence-corrected chi connectivity index (χ4v) is 3.01. The van der Waals surface area contributed by atoms with E-state index >= 15 is 0 Å². The number of rotatable bonds is 3. The predicted octanol–water partition coefficient (Wildman–Crippen LogP) is 2.23. The first-order valence-electron chi connectivity index (χ1n) is 7.32. The Bertz CT molecular complexity index is 204. The Balaban J connectivity index is 1.74. The SMILES string of the molecule is OC1(CNC2CCCOCC2)CCCCCC1. The van der Waals surface area contributed by atoms with Crippen molar-refractivity contribution < 1.29 is 9.84 Å². The summed E-state index contributed by atoms with van der Waals surface area (Å²) in [4.78, 5) is 0. The maximum Gasteiger partial charge on any atom is 0.0771 e. The molecule has 2 rings (SSSR count). The van der Waals surface area contributed by atoms with E-state index in [1.165, 1.54) is 32.1 Å². The molecule has 100 valence electrons. The number of nitrogens with one attached hydrogen (secondary N) is 1. The van der Waals surface area contributed by atoms with Gasteiger partial charge in [0.2, 0.25) is 0 Å². The molecule has 0 spiro atoms. The van der Waals surface area contributed by atoms with E-state index < -0.39 is 5.60 Å². The Morgan fingerprint density at radius 2 is 1.76 bits per heavy atom. The molecule has 0 bridgehead atoms. The summed E-state index contributed by atoms with van der Waals surface area (Å²) in [6.45, 7) is 2.55. The molecule has 0 aromatic heterocycles. The fraction of sp³-hybridized carbons (Fsp3) is 1.00. The van der Waals surface area contributed by atoms with Crippen molar-refractivity contribution >= 4 is 0 Å². The summed E-state index contributed by atoms with van der Waals surface area (Å²) in [6, 6.07) is 0.546. The third-order valence-corrected chi connectivity index (χ3v) is 4.21. The zero-order valence-electron chi connectivity index (χ0n) is 10.9. The van der Waals surface area contributed by atoms with Crippen molar-refractivity contribution in [2.45, 2.75) is 69.4 Å². The lowest BCUT2D eigenvalue weighted by molar-refractivity contribution is 0.0220. The van der Waals surface area contributed by atoms with Gasteiger partial charge in [-0.2, -0.15) is 0 Å². The van der Waals surface area contributed by atoms with Crippen LogP contribution in [0.3, 0.4) is 0 Å². The molecule has 17 heavy (non-hydrogen) atoms. The van der Waals surface area contributed by atoms with Crippen molar-refractivity contribution in [3.05, 3.63) is 0 Å². The minimum Gasteiger partial charge on any atom is -0.389 e. The van der Waals surface area contributed by atoms with Crippen LogP contribution in [0.25, 0.3) is 0 Å². The average molecular weight is 241 g/mol. The van der Waals surface area contributed by atoms with E-state index in [2.05, 4.69) is 5.32 Å². The van der Waals surface area contributed by atoms with Gasteiger partial charge in [-0.1, -0.05) is 25.7 Å². The highest BCUT2D eigenvalue weighted by Crippen LogP contribution is 2.26. The van der Waals surface area contributed by atoms with Gasteiger partial charge < -0.3 is 15.2 Å². The van der Waals surface area contributed by atoms with Crippen molar-refractivity contribution in [3.63, 3.8) is 0 Å². The van der Waals surface area contributed by atoms with Crippen molar-refractivity contribution in [3.8, 4) is 0 Å². The monoisotopic (exact) mass is 241 g/mol. The van der Waals surface area contributed by atoms with E-state index in [9.17, 15) is 5.11 Å². The van der Waals surface area contributed by atoms with Crippen LogP contribution in [0.15, 0.2) is 0 Å². The molecule has 1 heterocycles. The highest BCUT2D eigenvalue weighted by molar-refractivity contribution is 4.85. The number of ether oxygens (including phenoxy) is 1. The Morgan fingerprint density at radius 3 is 2.53 bits per heavy atom. The van der Waals surface area contributed by atoms with E-state index in [-0.39, 0.29) is 0 Å². The third-order valence-electron chi connectivity index (χ3n) is 4.21. The summed E-state index contributed by atoms with van der Waals surface area (Å²) in [5, 5.41) is 14.1. The second kappa shape index (κ2) is 6.72. The Kier molecular flexibility index (Phi) is 5.26. The molecule has 0 radical (unpaired) electrons. The molecule has 1 saturated heterocycles. The van der Waals surface area contributed by atoms with Crippen LogP contribution in [0.4, 0.5) is 0 Å². The fourth-order valence-electron chi connectivity index (χ4n) is 3.01. The molecular formula is C14H27NO2. The lowest BCUT2D eigenvalue weighted by Crippen LogP contribution is -2.44. The Morgan fingerprint density at radius 1 is 1.00 bits per heavy atom. The van der Waals surface area contributed by atoms with Gasteiger partial charge in [0.1, 0.15) is 0 Å². The van der Waals surface area contributed by atoms with Crippen LogP contribution in [0, 0.1) is 0 Å². The third kappa shape index (κ3) is 4.57. The van der Waals surface area contributed by atoms with Crippen molar-refractivity contribution in [2.75, 3.05) is 19.8 Å². The van der Waals surface area contributed by atoms with Crippen LogP contribution >= 0.6 is 0 Å². The van der Waals surface area contributed by atoms with Crippen LogP contribution in [-0.2, 0) is 4.74 Å². The first kappa shape index (κ1) is 13.3. The first-order valence-corrected chi connectivity index (χ1v) is 7.32. The van der Waals surface area contributed by atoms with Gasteiger partial charge in [-0.15, -0.1) is 0 Å². The van der Waals surface area contributed by atoms with Gasteiger partial charge in [-0.25, -0.2) is 0 Å². The van der Waals surface area contributed by atoms with Crippen molar-refractivity contribution in [1.82, 2.24) is 5.32 Å². The molecule has 1 saturated carbocycles. The molecule has 1 unspecified atom stereocenters. The second-order valence-electron chi connectivity index (χ2n) is 5.76. The molecule has 0 aromatic carbocycles. The second-order valence-corrected chi connectivity index (χ2v) is 5.76. The number of hydrogen-bond acceptors (Lipinski definition) is 3. The van der Waals surface area contributed by atoms with Gasteiger partial charge in [-0.3, -0.25) is 0 Å². The summed E-state index contributed by atoms with van der Waals surface area (Å²) in [5.41, 5.74) is -0.441. The zero-order chi connectivity index (χ0) is 12.0. The van der Waals surface area contributed by atoms with Crippen LogP contribution in [-0.4, -0.2) is 36.5 Å². The molecule has 1 atom stereocenters. The van der Waals surface area contributed by atoms with E-state index in [1.807, 2.05) is 0 Å². The molecule has 0 amide bonds. The molecule has 3 heteroatoms. The summed E-state index contributed by atoms with van der Waals surface area (Å²) in [5.74, 6) is 0. The van der Waals surface area contributed by atoms with Gasteiger partial charge in [0, 0.05) is 25.8 Å². The van der Waals surface area contributed by atoms with Crippen LogP contribution in [0.2, 0.25) is 0 Å². The Labute approximate surface area is 105 Å². The minimum absolute atomic E-state index is 0.441. The maximum absolute atomic E-state index is 10.6. The quantitative estimate of drug-likeness (QED) is 0.745. The van der Waals surface area contributed by atoms with Crippen molar-refractivity contribution in [1.29, 1.82) is 0 Å². The van der Waals surface area contributed by atoms with Gasteiger partial charge >= 0.3 is 0 Å². The standard InChI is InChI=1S/C14H27NO2/c16-14(8-3-1-2-4-9-14)12-15-13-6-5-10-17-11-7-13/h13,15-16H,1-12H2. The molecule has 1 aliphatic heterocycles. The van der Waals surface area contributed by atoms with E-state index in [0.717, 1.165) is 45.4 Å². The molecular weight excluding hydrogens is 214 g/mol. The molecule has 2 N–H and O–H groups in total. The zero-order valence-corrected chi connectivity index (χ0v) is 10.9. The highest BCUT2D eigenvalue weighted by Gasteiger charge is 2.28. The topological polar surface area (TPSA) is 41.5 Å². The molecule has 3 nitrogen and oxygen atoms in total. The van der Waals surface area contributed by atoms with Crippen molar-refractivity contribution in [2.24, 2.45) is 0 Å². The lowest BCUT2D eigenvalue weighted by atomic mass is 9.94. The predicted molar refractivity (Wildman–Crippen MR) is 69.1 cm³/mol. The van der Waals surface area contributed by atoms with E-state index in [1.54, 1.807) is 0 Å². The van der Waals surface area contributed by atoms with Crippen LogP contribution in [0.5, 0.6) is 0 Å². The molecule has 1 aliphatic carbocycles. The van der Waals surface area contributed by atoms with Gasteiger partial charge in [0.05, 0.1) is 5.60 Å². The van der Waals surface area contributed by atoms with Gasteiger partial charge in [-0.05, 0) is 32.1 Å². The van der Waals surface area contributed by atoms with Crippen LogP contribution in [0.1, 0.15) is 57.8 Å². The van der Waals surface area contributed by atoms with Crippen LogP contribution < -0.4 is 5.32 Å². The smallest absolute Gasteiger partial charge is 0.0771 e. The summed E-state index contributed by atoms with van der Waals surface area (Å²) in [7, 11) is 0. The minimum atomic E-state index is -0.441. The van der Waals surface area contributed by atoms with Gasteiger partial charge in [0.25, 0.3) is 0 Å². The number of hydrogen-bond donors (Lipinski definition) is 2. The average Bonchev–Trinajstić information content (AvgIpc) is 2.69. The normalized spacial score (nSPS) is 30.5. The highest BCUT2D eigenvalue weighted by atomic mass is 16.5. The lowest BCUT2D eigenvalue weighted by Gasteiger charge is -2.29. The van der Waals surface area contributed by atoms with E-state index in [4.69, 9.17) is 4.74 Å². The Hall–Kier alpha value is -0.120. The molecule has 2 aliphatic rings. The number of aliphatic hydroxyl groups is 1. The molecule has 2 fully saturated rings. The molecule has 0 aromatic rings. The van der Waals surface area contributed by atoms with Gasteiger partial charge in [0.15, 0.2) is 0 Å². The largest absolute Gasteiger partial charge is 0.389 e. The summed E-state index contributed by atoms with van der Waals surface area (Å²) in [6.07, 6.45) is 10.3. The maximum atomic E-state index is 10.6. The first-order chi connectivity index (χ1) is 8.29. The summed E-state index contributed by atoms with van der Waals surface area (Å²) >= 11 is 0. The summed E-state index contributed by atoms with van der Waals surface area (Å²) < 4.78 is 5.46.